The van der Waals surface area contributed by atoms with Crippen LogP contribution >= 0.6 is 0 Å². The number of carbonyl (C=O) groups is 1. The van der Waals surface area contributed by atoms with Crippen LogP contribution in [0.15, 0.2) is 48.5 Å². The monoisotopic (exact) mass is 544 g/mol. The van der Waals surface area contributed by atoms with Gasteiger partial charge in [-0.1, -0.05) is 50.6 Å². The molecule has 2 aromatic carbocycles. The van der Waals surface area contributed by atoms with E-state index in [4.69, 9.17) is 18.9 Å². The highest BCUT2D eigenvalue weighted by Gasteiger charge is 2.44. The van der Waals surface area contributed by atoms with Crippen LogP contribution in [0.5, 0.6) is 11.5 Å². The fourth-order valence-electron chi connectivity index (χ4n) is 5.06. The Balaban J connectivity index is 1.51. The minimum absolute atomic E-state index is 0.145. The van der Waals surface area contributed by atoms with Crippen LogP contribution in [0.2, 0.25) is 0 Å². The Labute approximate surface area is 229 Å². The molecule has 1 heterocycles. The molecule has 1 saturated heterocycles. The average molecular weight is 545 g/mol. The van der Waals surface area contributed by atoms with Crippen LogP contribution < -0.4 is 9.47 Å². The molecule has 1 aliphatic carbocycles. The summed E-state index contributed by atoms with van der Waals surface area (Å²) in [7, 11) is 0. The van der Waals surface area contributed by atoms with E-state index in [0.717, 1.165) is 24.0 Å². The Morgan fingerprint density at radius 1 is 0.949 bits per heavy atom. The number of carboxylic acids is 1. The maximum atomic E-state index is 12.0. The Morgan fingerprint density at radius 3 is 2.28 bits per heavy atom. The molecule has 2 aliphatic rings. The maximum Gasteiger partial charge on any atom is 0.345 e. The molecule has 0 radical (unpaired) electrons. The first-order valence-electron chi connectivity index (χ1n) is 13.7. The molecule has 4 rings (SSSR count). The van der Waals surface area contributed by atoms with Crippen molar-refractivity contribution in [2.24, 2.45) is 0 Å². The summed E-state index contributed by atoms with van der Waals surface area (Å²) in [6, 6.07) is 14.8. The second kappa shape index (κ2) is 13.1. The molecule has 0 bridgehead atoms. The Kier molecular flexibility index (Phi) is 9.85. The fraction of sp³-hybridized carbons (Fsp3) is 0.567. The zero-order chi connectivity index (χ0) is 28.1. The molecule has 9 nitrogen and oxygen atoms in total. The predicted molar refractivity (Wildman–Crippen MR) is 143 cm³/mol. The number of hydrogen-bond donors (Lipinski definition) is 4. The number of aliphatic hydroxyl groups excluding tert-OH is 3. The lowest BCUT2D eigenvalue weighted by atomic mass is 9.93. The van der Waals surface area contributed by atoms with E-state index in [1.807, 2.05) is 56.3 Å². The number of aliphatic carboxylic acids is 1. The molecule has 8 atom stereocenters. The van der Waals surface area contributed by atoms with Gasteiger partial charge in [0, 0.05) is 12.5 Å². The first-order chi connectivity index (χ1) is 18.6. The zero-order valence-electron chi connectivity index (χ0n) is 22.7. The van der Waals surface area contributed by atoms with Crippen molar-refractivity contribution in [2.45, 2.75) is 108 Å². The third-order valence-corrected chi connectivity index (χ3v) is 7.43. The van der Waals surface area contributed by atoms with Gasteiger partial charge in [0.05, 0.1) is 12.2 Å². The highest BCUT2D eigenvalue weighted by atomic mass is 16.7. The van der Waals surface area contributed by atoms with Gasteiger partial charge in [-0.15, -0.1) is 0 Å². The molecule has 9 heteroatoms. The Bertz CT molecular complexity index is 1080. The quantitative estimate of drug-likeness (QED) is 0.355. The van der Waals surface area contributed by atoms with Crippen molar-refractivity contribution in [3.63, 3.8) is 0 Å². The van der Waals surface area contributed by atoms with E-state index in [2.05, 4.69) is 0 Å². The van der Waals surface area contributed by atoms with Crippen LogP contribution in [0.25, 0.3) is 0 Å². The fourth-order valence-corrected chi connectivity index (χ4v) is 5.06. The van der Waals surface area contributed by atoms with Crippen LogP contribution in [0.1, 0.15) is 63.5 Å². The van der Waals surface area contributed by atoms with Gasteiger partial charge >= 0.3 is 5.97 Å². The van der Waals surface area contributed by atoms with Crippen LogP contribution in [0.4, 0.5) is 0 Å². The summed E-state index contributed by atoms with van der Waals surface area (Å²) in [5, 5.41) is 40.5. The number of aliphatic hydroxyl groups is 3. The van der Waals surface area contributed by atoms with Crippen LogP contribution in [0.3, 0.4) is 0 Å². The van der Waals surface area contributed by atoms with Gasteiger partial charge in [-0.3, -0.25) is 0 Å². The van der Waals surface area contributed by atoms with Gasteiger partial charge in [-0.2, -0.15) is 0 Å². The molecule has 2 aromatic rings. The lowest BCUT2D eigenvalue weighted by Gasteiger charge is -2.42. The summed E-state index contributed by atoms with van der Waals surface area (Å²) in [6.07, 6.45) is -4.14. The lowest BCUT2D eigenvalue weighted by molar-refractivity contribution is -0.311. The van der Waals surface area contributed by atoms with Gasteiger partial charge in [0.15, 0.2) is 12.4 Å². The summed E-state index contributed by atoms with van der Waals surface area (Å²) in [6.45, 7) is 5.69. The Hall–Kier alpha value is -2.69. The van der Waals surface area contributed by atoms with Gasteiger partial charge in [0.1, 0.15) is 35.9 Å². The van der Waals surface area contributed by atoms with E-state index in [-0.39, 0.29) is 18.4 Å². The SMILES string of the molecule is CC(C)c1cc(OC(Cc2ccccc2)C(=O)O)cc(O[C@@H]2CCCC[C@H]2O[C@@H]2O[C@@H](C)[C@@H](O)[C@@H](O)[C@@H]2O)c1. The first-order valence-corrected chi connectivity index (χ1v) is 13.7. The van der Waals surface area contributed by atoms with E-state index in [0.29, 0.717) is 24.3 Å². The highest BCUT2D eigenvalue weighted by molar-refractivity contribution is 5.73. The van der Waals surface area contributed by atoms with Crippen molar-refractivity contribution in [1.82, 2.24) is 0 Å². The summed E-state index contributed by atoms with van der Waals surface area (Å²) in [4.78, 5) is 12.0. The molecule has 4 N–H and O–H groups in total. The van der Waals surface area contributed by atoms with Gasteiger partial charge < -0.3 is 39.4 Å². The van der Waals surface area contributed by atoms with Gasteiger partial charge in [0.25, 0.3) is 0 Å². The minimum atomic E-state index is -1.39. The largest absolute Gasteiger partial charge is 0.488 e. The molecule has 1 aliphatic heterocycles. The second-order valence-electron chi connectivity index (χ2n) is 10.8. The molecule has 39 heavy (non-hydrogen) atoms. The van der Waals surface area contributed by atoms with E-state index in [1.54, 1.807) is 13.0 Å². The molecule has 0 aromatic heterocycles. The number of benzene rings is 2. The van der Waals surface area contributed by atoms with Crippen LogP contribution in [-0.2, 0) is 20.7 Å². The number of carboxylic acid groups (broad SMARTS) is 1. The topological polar surface area (TPSA) is 135 Å². The summed E-state index contributed by atoms with van der Waals surface area (Å²) in [5.41, 5.74) is 1.80. The molecule has 0 spiro atoms. The standard InChI is InChI=1S/C30H40O9/c1-17(2)20-14-21(16-22(15-20)38-25(29(34)35)13-19-9-5-4-6-10-19)37-23-11-7-8-12-24(23)39-30-28(33)27(32)26(31)18(3)36-30/h4-6,9-10,14-18,23-28,30-33H,7-8,11-13H2,1-3H3,(H,34,35)/t18-,23+,24+,25?,26+,27+,28-,30-/m0/s1. The molecule has 1 unspecified atom stereocenters. The van der Waals surface area contributed by atoms with Gasteiger partial charge in [-0.05, 0) is 55.4 Å². The molecule has 0 amide bonds. The van der Waals surface area contributed by atoms with Crippen molar-refractivity contribution in [2.75, 3.05) is 0 Å². The summed E-state index contributed by atoms with van der Waals surface area (Å²) in [5.74, 6) is 0.0377. The number of ether oxygens (including phenoxy) is 4. The molecular weight excluding hydrogens is 504 g/mol. The van der Waals surface area contributed by atoms with E-state index in [1.165, 1.54) is 0 Å². The molecule has 2 fully saturated rings. The lowest BCUT2D eigenvalue weighted by Crippen LogP contribution is -2.58. The van der Waals surface area contributed by atoms with Gasteiger partial charge in [0.2, 0.25) is 0 Å². The maximum absolute atomic E-state index is 12.0. The average Bonchev–Trinajstić information content (AvgIpc) is 2.91. The third-order valence-electron chi connectivity index (χ3n) is 7.43. The normalized spacial score (nSPS) is 30.1. The molecule has 214 valence electrons. The smallest absolute Gasteiger partial charge is 0.345 e. The summed E-state index contributed by atoms with van der Waals surface area (Å²) >= 11 is 0. The van der Waals surface area contributed by atoms with Gasteiger partial charge in [-0.25, -0.2) is 4.79 Å². The van der Waals surface area contributed by atoms with Crippen molar-refractivity contribution in [3.05, 3.63) is 59.7 Å². The van der Waals surface area contributed by atoms with Crippen LogP contribution in [-0.4, -0.2) is 75.4 Å². The minimum Gasteiger partial charge on any atom is -0.488 e. The van der Waals surface area contributed by atoms with Crippen molar-refractivity contribution in [3.8, 4) is 11.5 Å². The number of rotatable bonds is 10. The van der Waals surface area contributed by atoms with E-state index < -0.39 is 48.9 Å². The first kappa shape index (κ1) is 29.3. The Morgan fingerprint density at radius 2 is 1.62 bits per heavy atom. The third kappa shape index (κ3) is 7.49. The number of hydrogen-bond acceptors (Lipinski definition) is 8. The van der Waals surface area contributed by atoms with E-state index >= 15 is 0 Å². The van der Waals surface area contributed by atoms with Crippen molar-refractivity contribution < 1.29 is 44.2 Å². The van der Waals surface area contributed by atoms with Crippen LogP contribution in [0, 0.1) is 0 Å². The molecular formula is C30H40O9. The molecule has 1 saturated carbocycles. The highest BCUT2D eigenvalue weighted by Crippen LogP contribution is 2.33. The van der Waals surface area contributed by atoms with Crippen molar-refractivity contribution in [1.29, 1.82) is 0 Å². The van der Waals surface area contributed by atoms with E-state index in [9.17, 15) is 25.2 Å². The second-order valence-corrected chi connectivity index (χ2v) is 10.8. The zero-order valence-corrected chi connectivity index (χ0v) is 22.7. The summed E-state index contributed by atoms with van der Waals surface area (Å²) < 4.78 is 24.2. The predicted octanol–water partition coefficient (Wildman–Crippen LogP) is 3.42. The van der Waals surface area contributed by atoms with Crippen molar-refractivity contribution >= 4 is 5.97 Å².